The Hall–Kier alpha value is -1.95. The van der Waals surface area contributed by atoms with E-state index in [2.05, 4.69) is 5.92 Å². The van der Waals surface area contributed by atoms with Gasteiger partial charge in [-0.25, -0.2) is 0 Å². The van der Waals surface area contributed by atoms with Crippen LogP contribution in [0.5, 0.6) is 5.75 Å². The van der Waals surface area contributed by atoms with Crippen molar-refractivity contribution in [2.75, 3.05) is 7.11 Å². The number of benzene rings is 1. The predicted octanol–water partition coefficient (Wildman–Crippen LogP) is 1.96. The minimum atomic E-state index is -0.864. The van der Waals surface area contributed by atoms with Crippen molar-refractivity contribution in [2.45, 2.75) is 12.8 Å². The number of hydrogen-bond donors (Lipinski definition) is 1. The van der Waals surface area contributed by atoms with E-state index in [9.17, 15) is 4.79 Å². The summed E-state index contributed by atoms with van der Waals surface area (Å²) in [6, 6.07) is 7.46. The SMILES string of the molecule is C#CC(CC(=O)O)Cc1ccc(OC)cc1. The molecule has 0 aromatic heterocycles. The Kier molecular flexibility index (Phi) is 4.41. The van der Waals surface area contributed by atoms with Gasteiger partial charge in [0.1, 0.15) is 5.75 Å². The topological polar surface area (TPSA) is 46.5 Å². The van der Waals surface area contributed by atoms with Gasteiger partial charge in [-0.1, -0.05) is 12.1 Å². The van der Waals surface area contributed by atoms with Crippen LogP contribution in [0.1, 0.15) is 12.0 Å². The van der Waals surface area contributed by atoms with E-state index in [1.165, 1.54) is 0 Å². The Labute approximate surface area is 95.1 Å². The zero-order valence-electron chi connectivity index (χ0n) is 9.14. The summed E-state index contributed by atoms with van der Waals surface area (Å²) in [6.07, 6.45) is 5.87. The van der Waals surface area contributed by atoms with Crippen LogP contribution in [0, 0.1) is 18.3 Å². The summed E-state index contributed by atoms with van der Waals surface area (Å²) in [4.78, 5) is 10.5. The number of ether oxygens (including phenoxy) is 1. The molecule has 0 aliphatic carbocycles. The molecule has 84 valence electrons. The van der Waals surface area contributed by atoms with Gasteiger partial charge in [0.2, 0.25) is 0 Å². The highest BCUT2D eigenvalue weighted by atomic mass is 16.5. The van der Waals surface area contributed by atoms with Crippen molar-refractivity contribution >= 4 is 5.97 Å². The normalized spacial score (nSPS) is 11.5. The average molecular weight is 218 g/mol. The molecule has 0 aliphatic heterocycles. The summed E-state index contributed by atoms with van der Waals surface area (Å²) < 4.78 is 5.03. The van der Waals surface area contributed by atoms with Gasteiger partial charge in [-0.15, -0.1) is 12.3 Å². The maximum Gasteiger partial charge on any atom is 0.304 e. The van der Waals surface area contributed by atoms with Gasteiger partial charge in [0, 0.05) is 5.92 Å². The Bertz CT molecular complexity index is 387. The van der Waals surface area contributed by atoms with E-state index in [4.69, 9.17) is 16.3 Å². The first kappa shape index (κ1) is 12.1. The lowest BCUT2D eigenvalue weighted by Gasteiger charge is -2.08. The highest BCUT2D eigenvalue weighted by molar-refractivity contribution is 5.67. The summed E-state index contributed by atoms with van der Waals surface area (Å²) in [5.74, 6) is 2.15. The quantitative estimate of drug-likeness (QED) is 0.768. The molecule has 0 spiro atoms. The van der Waals surface area contributed by atoms with E-state index in [1.54, 1.807) is 7.11 Å². The minimum absolute atomic E-state index is 0.00251. The van der Waals surface area contributed by atoms with Crippen LogP contribution in [0.25, 0.3) is 0 Å². The first-order valence-electron chi connectivity index (χ1n) is 4.96. The molecule has 0 saturated carbocycles. The van der Waals surface area contributed by atoms with Gasteiger partial charge in [-0.2, -0.15) is 0 Å². The number of methoxy groups -OCH3 is 1. The van der Waals surface area contributed by atoms with Gasteiger partial charge in [-0.3, -0.25) is 4.79 Å². The zero-order valence-corrected chi connectivity index (χ0v) is 9.14. The van der Waals surface area contributed by atoms with Crippen LogP contribution >= 0.6 is 0 Å². The van der Waals surface area contributed by atoms with Crippen molar-refractivity contribution in [1.82, 2.24) is 0 Å². The van der Waals surface area contributed by atoms with Crippen LogP contribution in [0.4, 0.5) is 0 Å². The fourth-order valence-corrected chi connectivity index (χ4v) is 1.45. The van der Waals surface area contributed by atoms with E-state index in [-0.39, 0.29) is 12.3 Å². The molecule has 0 amide bonds. The Morgan fingerprint density at radius 3 is 2.56 bits per heavy atom. The molecule has 0 bridgehead atoms. The van der Waals surface area contributed by atoms with E-state index in [1.807, 2.05) is 24.3 Å². The van der Waals surface area contributed by atoms with Crippen molar-refractivity contribution in [3.63, 3.8) is 0 Å². The van der Waals surface area contributed by atoms with Crippen LogP contribution in [-0.2, 0) is 11.2 Å². The smallest absolute Gasteiger partial charge is 0.304 e. The third-order valence-corrected chi connectivity index (χ3v) is 2.30. The first-order valence-corrected chi connectivity index (χ1v) is 4.96. The monoisotopic (exact) mass is 218 g/mol. The molecule has 0 radical (unpaired) electrons. The maximum atomic E-state index is 10.5. The molecule has 1 aromatic carbocycles. The molecule has 1 atom stereocenters. The maximum absolute atomic E-state index is 10.5. The molecule has 16 heavy (non-hydrogen) atoms. The van der Waals surface area contributed by atoms with Gasteiger partial charge in [0.25, 0.3) is 0 Å². The standard InChI is InChI=1S/C13H14O3/c1-3-10(9-13(14)15)8-11-4-6-12(16-2)7-5-11/h1,4-7,10H,8-9H2,2H3,(H,14,15). The lowest BCUT2D eigenvalue weighted by atomic mass is 9.97. The van der Waals surface area contributed by atoms with Crippen LogP contribution in [0.3, 0.4) is 0 Å². The van der Waals surface area contributed by atoms with Gasteiger partial charge >= 0.3 is 5.97 Å². The zero-order chi connectivity index (χ0) is 12.0. The fraction of sp³-hybridized carbons (Fsp3) is 0.308. The molecule has 0 heterocycles. The number of carbonyl (C=O) groups is 1. The second-order valence-electron chi connectivity index (χ2n) is 3.51. The Morgan fingerprint density at radius 2 is 2.12 bits per heavy atom. The van der Waals surface area contributed by atoms with Gasteiger partial charge < -0.3 is 9.84 Å². The fourth-order valence-electron chi connectivity index (χ4n) is 1.45. The number of aliphatic carboxylic acids is 1. The van der Waals surface area contributed by atoms with Gasteiger partial charge in [-0.05, 0) is 24.1 Å². The summed E-state index contributed by atoms with van der Waals surface area (Å²) in [6.45, 7) is 0. The largest absolute Gasteiger partial charge is 0.497 e. The molecule has 0 saturated heterocycles. The average Bonchev–Trinajstić information content (AvgIpc) is 2.28. The summed E-state index contributed by atoms with van der Waals surface area (Å²) in [5, 5.41) is 8.66. The molecule has 3 heteroatoms. The molecule has 3 nitrogen and oxygen atoms in total. The molecule has 1 N–H and O–H groups in total. The van der Waals surface area contributed by atoms with Gasteiger partial charge in [0.05, 0.1) is 13.5 Å². The Morgan fingerprint density at radius 1 is 1.50 bits per heavy atom. The summed E-state index contributed by atoms with van der Waals surface area (Å²) >= 11 is 0. The highest BCUT2D eigenvalue weighted by Crippen LogP contribution is 2.16. The van der Waals surface area contributed by atoms with E-state index in [0.29, 0.717) is 6.42 Å². The molecule has 1 rings (SSSR count). The van der Waals surface area contributed by atoms with Crippen molar-refractivity contribution in [3.8, 4) is 18.1 Å². The number of rotatable bonds is 5. The molecule has 1 unspecified atom stereocenters. The lowest BCUT2D eigenvalue weighted by molar-refractivity contribution is -0.137. The van der Waals surface area contributed by atoms with Crippen molar-refractivity contribution in [1.29, 1.82) is 0 Å². The molecular weight excluding hydrogens is 204 g/mol. The molecule has 1 aromatic rings. The molecule has 0 aliphatic rings. The lowest BCUT2D eigenvalue weighted by Crippen LogP contribution is -2.08. The first-order chi connectivity index (χ1) is 7.65. The van der Waals surface area contributed by atoms with Gasteiger partial charge in [0.15, 0.2) is 0 Å². The second kappa shape index (κ2) is 5.82. The second-order valence-corrected chi connectivity index (χ2v) is 3.51. The number of terminal acetylenes is 1. The number of carboxylic acid groups (broad SMARTS) is 1. The van der Waals surface area contributed by atoms with Crippen LogP contribution in [-0.4, -0.2) is 18.2 Å². The number of hydrogen-bond acceptors (Lipinski definition) is 2. The van der Waals surface area contributed by atoms with Crippen molar-refractivity contribution < 1.29 is 14.6 Å². The van der Waals surface area contributed by atoms with E-state index < -0.39 is 5.97 Å². The van der Waals surface area contributed by atoms with Crippen molar-refractivity contribution in [3.05, 3.63) is 29.8 Å². The highest BCUT2D eigenvalue weighted by Gasteiger charge is 2.10. The van der Waals surface area contributed by atoms with Crippen LogP contribution in [0.2, 0.25) is 0 Å². The van der Waals surface area contributed by atoms with E-state index >= 15 is 0 Å². The summed E-state index contributed by atoms with van der Waals surface area (Å²) in [5.41, 5.74) is 1.02. The minimum Gasteiger partial charge on any atom is -0.497 e. The third-order valence-electron chi connectivity index (χ3n) is 2.30. The molecular formula is C13H14O3. The van der Waals surface area contributed by atoms with Crippen LogP contribution < -0.4 is 4.74 Å². The van der Waals surface area contributed by atoms with E-state index in [0.717, 1.165) is 11.3 Å². The number of carboxylic acids is 1. The van der Waals surface area contributed by atoms with Crippen molar-refractivity contribution in [2.24, 2.45) is 5.92 Å². The Balaban J connectivity index is 2.64. The molecule has 0 fully saturated rings. The van der Waals surface area contributed by atoms with Crippen LogP contribution in [0.15, 0.2) is 24.3 Å². The summed E-state index contributed by atoms with van der Waals surface area (Å²) in [7, 11) is 1.60. The third kappa shape index (κ3) is 3.66. The predicted molar refractivity (Wildman–Crippen MR) is 61.3 cm³/mol.